The number of furan rings is 1. The van der Waals surface area contributed by atoms with Gasteiger partial charge in [-0.05, 0) is 94.4 Å². The monoisotopic (exact) mass is 639 g/mol. The molecule has 0 spiro atoms. The Kier molecular flexibility index (Phi) is 6.19. The molecule has 0 atom stereocenters. The van der Waals surface area contributed by atoms with Crippen molar-refractivity contribution in [2.45, 2.75) is 0 Å². The predicted octanol–water partition coefficient (Wildman–Crippen LogP) is 11.8. The summed E-state index contributed by atoms with van der Waals surface area (Å²) < 4.78 is 6.76. The van der Waals surface area contributed by atoms with Crippen molar-refractivity contribution >= 4 is 91.9 Å². The summed E-state index contributed by atoms with van der Waals surface area (Å²) in [5.41, 5.74) is 11.3. The summed E-state index contributed by atoms with van der Waals surface area (Å²) in [5.74, 6) is 0. The van der Waals surface area contributed by atoms with E-state index < -0.39 is 0 Å². The molecule has 0 aromatic carbocycles. The molecule has 2 aliphatic heterocycles. The summed E-state index contributed by atoms with van der Waals surface area (Å²) in [5, 5.41) is 8.42. The summed E-state index contributed by atoms with van der Waals surface area (Å²) in [6.45, 7) is 0. The minimum Gasteiger partial charge on any atom is -0.456 e. The molecule has 0 radical (unpaired) electrons. The number of nitrogens with zero attached hydrogens (tertiary/aromatic N) is 2. The van der Waals surface area contributed by atoms with E-state index in [0.29, 0.717) is 0 Å². The van der Waals surface area contributed by atoms with E-state index in [1.54, 1.807) is 45.3 Å². The first kappa shape index (κ1) is 25.9. The third-order valence-corrected chi connectivity index (χ3v) is 11.2. The molecule has 0 saturated carbocycles. The highest BCUT2D eigenvalue weighted by Gasteiger charge is 2.20. The maximum Gasteiger partial charge on any atom is 0.138 e. The minimum atomic E-state index is 0.783. The number of thiophene rings is 4. The van der Waals surface area contributed by atoms with Gasteiger partial charge in [0.15, 0.2) is 0 Å². The lowest BCUT2D eigenvalue weighted by molar-refractivity contribution is 0.667. The molecule has 9 rings (SSSR count). The van der Waals surface area contributed by atoms with Gasteiger partial charge >= 0.3 is 0 Å². The van der Waals surface area contributed by atoms with Crippen LogP contribution in [0.4, 0.5) is 0 Å². The zero-order valence-corrected chi connectivity index (χ0v) is 26.2. The molecular weight excluding hydrogens is 619 g/mol. The molecule has 44 heavy (non-hydrogen) atoms. The number of fused-ring (bicyclic) bond motifs is 8. The van der Waals surface area contributed by atoms with Crippen molar-refractivity contribution in [1.82, 2.24) is 15.0 Å². The van der Waals surface area contributed by atoms with E-state index in [9.17, 15) is 0 Å². The summed E-state index contributed by atoms with van der Waals surface area (Å²) in [7, 11) is 0. The second-order valence-electron chi connectivity index (χ2n) is 10.3. The van der Waals surface area contributed by atoms with Crippen LogP contribution in [-0.4, -0.2) is 15.0 Å². The molecule has 4 nitrogen and oxygen atoms in total. The number of hydrogen-bond acceptors (Lipinski definition) is 7. The predicted molar refractivity (Wildman–Crippen MR) is 190 cm³/mol. The number of H-pyrrole nitrogens is 1. The number of aromatic amines is 1. The maximum absolute atomic E-state index is 6.76. The molecule has 0 aliphatic carbocycles. The molecule has 210 valence electrons. The van der Waals surface area contributed by atoms with Gasteiger partial charge < -0.3 is 9.40 Å². The molecule has 7 aromatic heterocycles. The van der Waals surface area contributed by atoms with Gasteiger partial charge in [-0.1, -0.05) is 24.3 Å². The normalized spacial score (nSPS) is 12.4. The lowest BCUT2D eigenvalue weighted by Gasteiger charge is -2.03. The van der Waals surface area contributed by atoms with E-state index in [4.69, 9.17) is 14.4 Å². The van der Waals surface area contributed by atoms with Gasteiger partial charge in [0.2, 0.25) is 0 Å². The topological polar surface area (TPSA) is 54.7 Å². The first-order chi connectivity index (χ1) is 21.8. The Bertz CT molecular complexity index is 2040. The first-order valence-corrected chi connectivity index (χ1v) is 17.5. The number of rotatable bonds is 4. The first-order valence-electron chi connectivity index (χ1n) is 14.0. The second-order valence-corrected chi connectivity index (χ2v) is 14.1. The van der Waals surface area contributed by atoms with Crippen molar-refractivity contribution < 1.29 is 4.42 Å². The number of aromatic nitrogens is 3. The van der Waals surface area contributed by atoms with Crippen LogP contribution in [0.15, 0.2) is 98.7 Å². The van der Waals surface area contributed by atoms with Crippen molar-refractivity contribution in [2.75, 3.05) is 0 Å². The zero-order chi connectivity index (χ0) is 29.0. The number of hydrogen-bond donors (Lipinski definition) is 1. The fourth-order valence-corrected chi connectivity index (χ4v) is 8.95. The highest BCUT2D eigenvalue weighted by Crippen LogP contribution is 2.41. The van der Waals surface area contributed by atoms with Crippen LogP contribution in [0, 0.1) is 0 Å². The van der Waals surface area contributed by atoms with Crippen molar-refractivity contribution in [3.05, 3.63) is 117 Å². The van der Waals surface area contributed by atoms with Gasteiger partial charge in [-0.3, -0.25) is 0 Å². The Labute approximate surface area is 268 Å². The Morgan fingerprint density at radius 2 is 0.795 bits per heavy atom. The highest BCUT2D eigenvalue weighted by molar-refractivity contribution is 7.14. The average molecular weight is 640 g/mol. The molecule has 2 aliphatic rings. The Hall–Kier alpha value is -4.60. The second kappa shape index (κ2) is 10.5. The lowest BCUT2D eigenvalue weighted by Crippen LogP contribution is -1.86. The van der Waals surface area contributed by atoms with E-state index in [2.05, 4.69) is 124 Å². The molecule has 8 heteroatoms. The molecule has 0 amide bonds. The molecule has 1 N–H and O–H groups in total. The zero-order valence-electron chi connectivity index (χ0n) is 23.0. The molecule has 9 heterocycles. The largest absolute Gasteiger partial charge is 0.456 e. The van der Waals surface area contributed by atoms with Crippen LogP contribution in [0.3, 0.4) is 0 Å². The van der Waals surface area contributed by atoms with Gasteiger partial charge in [0, 0.05) is 41.7 Å². The summed E-state index contributed by atoms with van der Waals surface area (Å²) in [6, 6.07) is 25.4. The highest BCUT2D eigenvalue weighted by atomic mass is 32.1. The molecule has 0 fully saturated rings. The maximum atomic E-state index is 6.76. The van der Waals surface area contributed by atoms with Gasteiger partial charge in [-0.2, -0.15) is 0 Å². The number of nitrogens with one attached hydrogen (secondary N) is 1. The van der Waals surface area contributed by atoms with Crippen molar-refractivity contribution in [1.29, 1.82) is 0 Å². The lowest BCUT2D eigenvalue weighted by atomic mass is 10.1. The van der Waals surface area contributed by atoms with Crippen molar-refractivity contribution in [3.8, 4) is 41.8 Å². The van der Waals surface area contributed by atoms with Crippen LogP contribution in [0.5, 0.6) is 0 Å². The SMILES string of the molecule is C1=Cc2nc1c(-c1cccs1)c1ccc([nH]1)c(-c1cccs1)c1nc(c(-c3cccs3)c3ccc(o3)c2-c2cccs2)C=C1. The van der Waals surface area contributed by atoms with Gasteiger partial charge in [-0.15, -0.1) is 45.3 Å². The third kappa shape index (κ3) is 4.30. The van der Waals surface area contributed by atoms with Crippen molar-refractivity contribution in [2.24, 2.45) is 0 Å². The van der Waals surface area contributed by atoms with Crippen molar-refractivity contribution in [3.63, 3.8) is 0 Å². The fourth-order valence-electron chi connectivity index (χ4n) is 5.80. The van der Waals surface area contributed by atoms with Gasteiger partial charge in [0.05, 0.1) is 33.9 Å². The van der Waals surface area contributed by atoms with Gasteiger partial charge in [-0.25, -0.2) is 9.97 Å². The van der Waals surface area contributed by atoms with Gasteiger partial charge in [0.25, 0.3) is 0 Å². The standard InChI is InChI=1S/C36H21N3OS4/c1-5-29(41-17-1)33-21-9-10-22(37-21)34(30-6-2-18-42-30)24-12-14-26(39-24)36(32-8-4-20-44-32)28-16-15-27(40-28)35(31-7-3-19-43-31)25-13-11-23(33)38-25/h1-20,37H. The Balaban J connectivity index is 1.49. The smallest absolute Gasteiger partial charge is 0.138 e. The Morgan fingerprint density at radius 1 is 0.432 bits per heavy atom. The quantitative estimate of drug-likeness (QED) is 0.208. The van der Waals surface area contributed by atoms with E-state index >= 15 is 0 Å². The minimum absolute atomic E-state index is 0.783. The molecule has 0 saturated heterocycles. The summed E-state index contributed by atoms with van der Waals surface area (Å²) in [4.78, 5) is 18.8. The van der Waals surface area contributed by atoms with Crippen LogP contribution < -0.4 is 0 Å². The fraction of sp³-hybridized carbons (Fsp3) is 0. The average Bonchev–Trinajstić information content (AvgIpc) is 3.90. The van der Waals surface area contributed by atoms with E-state index in [0.717, 1.165) is 86.7 Å². The van der Waals surface area contributed by atoms with Crippen LogP contribution in [0.25, 0.3) is 88.3 Å². The van der Waals surface area contributed by atoms with Crippen LogP contribution in [-0.2, 0) is 0 Å². The third-order valence-electron chi connectivity index (χ3n) is 7.70. The molecule has 7 aromatic rings. The van der Waals surface area contributed by atoms with E-state index in [1.807, 2.05) is 0 Å². The van der Waals surface area contributed by atoms with Gasteiger partial charge in [0.1, 0.15) is 11.2 Å². The van der Waals surface area contributed by atoms with Crippen LogP contribution in [0.1, 0.15) is 22.8 Å². The van der Waals surface area contributed by atoms with E-state index in [1.165, 1.54) is 0 Å². The molecular formula is C36H21N3OS4. The molecule has 8 bridgehead atoms. The summed E-state index contributed by atoms with van der Waals surface area (Å²) >= 11 is 6.81. The molecule has 0 unspecified atom stereocenters. The summed E-state index contributed by atoms with van der Waals surface area (Å²) in [6.07, 6.45) is 8.47. The van der Waals surface area contributed by atoms with Crippen LogP contribution >= 0.6 is 45.3 Å². The van der Waals surface area contributed by atoms with E-state index in [-0.39, 0.29) is 0 Å². The van der Waals surface area contributed by atoms with Crippen LogP contribution in [0.2, 0.25) is 0 Å². The Morgan fingerprint density at radius 3 is 1.16 bits per heavy atom.